The van der Waals surface area contributed by atoms with E-state index >= 15 is 0 Å². The van der Waals surface area contributed by atoms with Gasteiger partial charge in [-0.05, 0) is 5.92 Å². The van der Waals surface area contributed by atoms with E-state index in [9.17, 15) is 13.2 Å². The van der Waals surface area contributed by atoms with Crippen LogP contribution in [0.2, 0.25) is 0 Å². The molecule has 1 aromatic heterocycles. The Hall–Kier alpha value is -0.620. The highest BCUT2D eigenvalue weighted by molar-refractivity contribution is 14.0. The van der Waals surface area contributed by atoms with Crippen LogP contribution in [0.1, 0.15) is 24.5 Å². The fourth-order valence-electron chi connectivity index (χ4n) is 1.46. The number of guanidine groups is 1. The number of aromatic nitrogens is 1. The van der Waals surface area contributed by atoms with E-state index in [2.05, 4.69) is 34.5 Å². The van der Waals surface area contributed by atoms with Crippen molar-refractivity contribution in [3.8, 4) is 0 Å². The highest BCUT2D eigenvalue weighted by Gasteiger charge is 2.33. The molecule has 0 bridgehead atoms. The molecule has 0 amide bonds. The second kappa shape index (κ2) is 11.0. The van der Waals surface area contributed by atoms with Crippen molar-refractivity contribution in [3.05, 3.63) is 16.1 Å². The van der Waals surface area contributed by atoms with Gasteiger partial charge in [-0.1, -0.05) is 13.8 Å². The van der Waals surface area contributed by atoms with Crippen LogP contribution in [0.3, 0.4) is 0 Å². The standard InChI is InChI=1S/C13H21F3N4OS.HI/c1-9(2)7-21-5-4-18-12(17-3)19-6-11-20-10(8-22-11)13(14,15)16;/h8-9H,4-7H2,1-3H3,(H2,17,18,19);1H. The minimum atomic E-state index is -4.40. The highest BCUT2D eigenvalue weighted by atomic mass is 127. The largest absolute Gasteiger partial charge is 0.434 e. The summed E-state index contributed by atoms with van der Waals surface area (Å²) in [5, 5.41) is 7.29. The molecular weight excluding hydrogens is 444 g/mol. The van der Waals surface area contributed by atoms with Gasteiger partial charge in [0, 0.05) is 25.6 Å². The summed E-state index contributed by atoms with van der Waals surface area (Å²) in [4.78, 5) is 7.53. The summed E-state index contributed by atoms with van der Waals surface area (Å²) >= 11 is 0.963. The molecule has 0 saturated heterocycles. The van der Waals surface area contributed by atoms with Crippen LogP contribution in [-0.2, 0) is 17.5 Å². The number of ether oxygens (including phenoxy) is 1. The molecule has 0 saturated carbocycles. The fraction of sp³-hybridized carbons (Fsp3) is 0.692. The molecule has 0 unspecified atom stereocenters. The number of nitrogens with zero attached hydrogens (tertiary/aromatic N) is 2. The first-order chi connectivity index (χ1) is 10.3. The van der Waals surface area contributed by atoms with Gasteiger partial charge in [0.15, 0.2) is 11.7 Å². The van der Waals surface area contributed by atoms with E-state index in [-0.39, 0.29) is 30.5 Å². The summed E-state index contributed by atoms with van der Waals surface area (Å²) in [6.45, 7) is 6.11. The lowest BCUT2D eigenvalue weighted by Crippen LogP contribution is -2.38. The van der Waals surface area contributed by atoms with Gasteiger partial charge in [-0.15, -0.1) is 35.3 Å². The Morgan fingerprint density at radius 3 is 2.61 bits per heavy atom. The zero-order valence-electron chi connectivity index (χ0n) is 13.2. The average Bonchev–Trinajstić information content (AvgIpc) is 2.90. The van der Waals surface area contributed by atoms with Gasteiger partial charge in [-0.2, -0.15) is 13.2 Å². The number of hydrogen-bond donors (Lipinski definition) is 2. The number of nitrogens with one attached hydrogen (secondary N) is 2. The van der Waals surface area contributed by atoms with Crippen LogP contribution in [0, 0.1) is 5.92 Å². The van der Waals surface area contributed by atoms with Crippen LogP contribution in [-0.4, -0.2) is 37.7 Å². The number of aliphatic imine (C=N–C) groups is 1. The Labute approximate surface area is 155 Å². The smallest absolute Gasteiger partial charge is 0.379 e. The number of thiazole rings is 1. The molecule has 0 aliphatic rings. The predicted molar refractivity (Wildman–Crippen MR) is 96.4 cm³/mol. The van der Waals surface area contributed by atoms with Crippen molar-refractivity contribution < 1.29 is 17.9 Å². The van der Waals surface area contributed by atoms with Gasteiger partial charge in [0.05, 0.1) is 13.2 Å². The van der Waals surface area contributed by atoms with Crippen LogP contribution in [0.4, 0.5) is 13.2 Å². The lowest BCUT2D eigenvalue weighted by atomic mass is 10.2. The van der Waals surface area contributed by atoms with Crippen LogP contribution in [0.5, 0.6) is 0 Å². The third-order valence-electron chi connectivity index (χ3n) is 2.46. The first-order valence-electron chi connectivity index (χ1n) is 6.86. The third-order valence-corrected chi connectivity index (χ3v) is 3.31. The van der Waals surface area contributed by atoms with E-state index in [1.54, 1.807) is 7.05 Å². The fourth-order valence-corrected chi connectivity index (χ4v) is 2.20. The number of rotatable bonds is 7. The molecule has 0 fully saturated rings. The van der Waals surface area contributed by atoms with Gasteiger partial charge in [0.25, 0.3) is 0 Å². The molecule has 1 heterocycles. The van der Waals surface area contributed by atoms with Crippen molar-refractivity contribution in [3.63, 3.8) is 0 Å². The Morgan fingerprint density at radius 2 is 2.09 bits per heavy atom. The van der Waals surface area contributed by atoms with E-state index in [0.717, 1.165) is 16.7 Å². The summed E-state index contributed by atoms with van der Waals surface area (Å²) in [7, 11) is 1.59. The van der Waals surface area contributed by atoms with Crippen LogP contribution < -0.4 is 10.6 Å². The van der Waals surface area contributed by atoms with Crippen LogP contribution >= 0.6 is 35.3 Å². The molecule has 0 spiro atoms. The van der Waals surface area contributed by atoms with E-state index in [4.69, 9.17) is 4.74 Å². The van der Waals surface area contributed by atoms with Crippen molar-refractivity contribution >= 4 is 41.3 Å². The molecule has 134 valence electrons. The zero-order chi connectivity index (χ0) is 16.6. The first kappa shape index (κ1) is 22.4. The Balaban J connectivity index is 0.00000484. The molecular formula is C13H22F3IN4OS. The molecule has 23 heavy (non-hydrogen) atoms. The Bertz CT molecular complexity index is 480. The van der Waals surface area contributed by atoms with E-state index in [1.165, 1.54) is 0 Å². The van der Waals surface area contributed by atoms with Gasteiger partial charge in [0.2, 0.25) is 0 Å². The van der Waals surface area contributed by atoms with Crippen molar-refractivity contribution in [2.75, 3.05) is 26.8 Å². The first-order valence-corrected chi connectivity index (χ1v) is 7.74. The maximum Gasteiger partial charge on any atom is 0.434 e. The maximum absolute atomic E-state index is 12.4. The third kappa shape index (κ3) is 9.30. The molecule has 1 rings (SSSR count). The SMILES string of the molecule is CN=C(NCCOCC(C)C)NCc1nc(C(F)(F)F)cs1.I. The summed E-state index contributed by atoms with van der Waals surface area (Å²) in [5.74, 6) is 0.974. The molecule has 0 aliphatic heterocycles. The molecule has 1 aromatic rings. The molecule has 0 aliphatic carbocycles. The molecule has 10 heteroatoms. The normalized spacial score (nSPS) is 12.2. The number of hydrogen-bond acceptors (Lipinski definition) is 4. The van der Waals surface area contributed by atoms with Crippen LogP contribution in [0.15, 0.2) is 10.4 Å². The quantitative estimate of drug-likeness (QED) is 0.281. The number of halogens is 4. The maximum atomic E-state index is 12.4. The van der Waals surface area contributed by atoms with Gasteiger partial charge >= 0.3 is 6.18 Å². The minimum Gasteiger partial charge on any atom is -0.379 e. The molecule has 5 nitrogen and oxygen atoms in total. The topological polar surface area (TPSA) is 58.5 Å². The molecule has 0 radical (unpaired) electrons. The Kier molecular flexibility index (Phi) is 10.7. The molecule has 2 N–H and O–H groups in total. The average molecular weight is 466 g/mol. The Morgan fingerprint density at radius 1 is 1.39 bits per heavy atom. The zero-order valence-corrected chi connectivity index (χ0v) is 16.4. The molecule has 0 atom stereocenters. The number of alkyl halides is 3. The minimum absolute atomic E-state index is 0. The summed E-state index contributed by atoms with van der Waals surface area (Å²) in [6, 6.07) is 0. The highest BCUT2D eigenvalue weighted by Crippen LogP contribution is 2.29. The summed E-state index contributed by atoms with van der Waals surface area (Å²) in [6.07, 6.45) is -4.40. The molecule has 0 aromatic carbocycles. The van der Waals surface area contributed by atoms with Crippen molar-refractivity contribution in [2.24, 2.45) is 10.9 Å². The van der Waals surface area contributed by atoms with Crippen LogP contribution in [0.25, 0.3) is 0 Å². The van der Waals surface area contributed by atoms with Gasteiger partial charge in [0.1, 0.15) is 5.01 Å². The van der Waals surface area contributed by atoms with Gasteiger partial charge in [-0.25, -0.2) is 4.98 Å². The van der Waals surface area contributed by atoms with Crippen molar-refractivity contribution in [1.82, 2.24) is 15.6 Å². The lowest BCUT2D eigenvalue weighted by molar-refractivity contribution is -0.140. The van der Waals surface area contributed by atoms with Gasteiger partial charge in [-0.3, -0.25) is 4.99 Å². The van der Waals surface area contributed by atoms with Crippen molar-refractivity contribution in [1.29, 1.82) is 0 Å². The monoisotopic (exact) mass is 466 g/mol. The van der Waals surface area contributed by atoms with E-state index in [0.29, 0.717) is 36.6 Å². The van der Waals surface area contributed by atoms with E-state index < -0.39 is 11.9 Å². The second-order valence-electron chi connectivity index (χ2n) is 4.95. The summed E-state index contributed by atoms with van der Waals surface area (Å²) in [5.41, 5.74) is -0.862. The van der Waals surface area contributed by atoms with E-state index in [1.807, 2.05) is 0 Å². The predicted octanol–water partition coefficient (Wildman–Crippen LogP) is 3.12. The van der Waals surface area contributed by atoms with Gasteiger partial charge < -0.3 is 15.4 Å². The lowest BCUT2D eigenvalue weighted by Gasteiger charge is -2.11. The summed E-state index contributed by atoms with van der Waals surface area (Å²) < 4.78 is 42.7. The second-order valence-corrected chi connectivity index (χ2v) is 5.89. The van der Waals surface area contributed by atoms with Crippen molar-refractivity contribution in [2.45, 2.75) is 26.6 Å².